The highest BCUT2D eigenvalue weighted by Crippen LogP contribution is 2.43. The van der Waals surface area contributed by atoms with Gasteiger partial charge in [-0.25, -0.2) is 9.80 Å². The molecule has 13 heteroatoms. The van der Waals surface area contributed by atoms with Crippen LogP contribution in [0.2, 0.25) is 5.02 Å². The number of fused-ring (bicyclic) bond motifs is 1. The maximum absolute atomic E-state index is 13.6. The third kappa shape index (κ3) is 6.38. The molecule has 2 aliphatic rings. The van der Waals surface area contributed by atoms with Crippen LogP contribution in [0.4, 0.5) is 28.0 Å². The van der Waals surface area contributed by atoms with E-state index < -0.39 is 18.9 Å². The molecule has 0 spiro atoms. The van der Waals surface area contributed by atoms with Gasteiger partial charge in [0.05, 0.1) is 12.2 Å². The second kappa shape index (κ2) is 11.3. The van der Waals surface area contributed by atoms with Crippen molar-refractivity contribution in [3.05, 3.63) is 107 Å². The summed E-state index contributed by atoms with van der Waals surface area (Å²) in [7, 11) is 0. The van der Waals surface area contributed by atoms with Crippen LogP contribution in [0.25, 0.3) is 11.3 Å². The Kier molecular flexibility index (Phi) is 7.36. The van der Waals surface area contributed by atoms with E-state index in [9.17, 15) is 22.4 Å². The van der Waals surface area contributed by atoms with E-state index >= 15 is 0 Å². The number of nitrogens with one attached hydrogen (secondary N) is 2. The maximum atomic E-state index is 13.6. The highest BCUT2D eigenvalue weighted by molar-refractivity contribution is 6.30. The first kappa shape index (κ1) is 28.0. The van der Waals surface area contributed by atoms with Crippen LogP contribution < -0.4 is 29.7 Å². The molecule has 2 amide bonds. The van der Waals surface area contributed by atoms with Gasteiger partial charge in [-0.15, -0.1) is 8.78 Å². The van der Waals surface area contributed by atoms with Crippen molar-refractivity contribution >= 4 is 34.6 Å². The largest absolute Gasteiger partial charge is 0.586 e. The zero-order chi connectivity index (χ0) is 30.1. The summed E-state index contributed by atoms with van der Waals surface area (Å²) >= 11 is 5.90. The molecule has 0 bridgehead atoms. The second-order valence-corrected chi connectivity index (χ2v) is 9.73. The number of ether oxygens (including phenoxy) is 4. The molecule has 0 aliphatic carbocycles. The number of halogens is 5. The molecule has 0 saturated carbocycles. The molecule has 0 aromatic heterocycles. The molecular weight excluding hydrogens is 594 g/mol. The van der Waals surface area contributed by atoms with Crippen molar-refractivity contribution < 1.29 is 41.3 Å². The maximum Gasteiger partial charge on any atom is 0.586 e. The number of anilines is 1. The number of alkyl halides is 4. The van der Waals surface area contributed by atoms with Crippen molar-refractivity contribution in [2.45, 2.75) is 12.9 Å². The van der Waals surface area contributed by atoms with Gasteiger partial charge in [0.1, 0.15) is 17.2 Å². The van der Waals surface area contributed by atoms with Gasteiger partial charge in [-0.1, -0.05) is 17.7 Å². The average Bonchev–Trinajstić information content (AvgIpc) is 3.55. The summed E-state index contributed by atoms with van der Waals surface area (Å²) in [5, 5.41) is 4.65. The van der Waals surface area contributed by atoms with E-state index in [2.05, 4.69) is 25.0 Å². The minimum Gasteiger partial charge on any atom is -0.457 e. The fourth-order valence-corrected chi connectivity index (χ4v) is 4.58. The molecule has 4 aromatic rings. The topological polar surface area (TPSA) is 81.3 Å². The number of urea groups is 1. The number of carbonyl (C=O) groups is 1. The van der Waals surface area contributed by atoms with Crippen molar-refractivity contribution in [1.82, 2.24) is 10.4 Å². The minimum atomic E-state index is -3.80. The number of nitrogens with zero attached hydrogens (tertiary/aromatic N) is 1. The number of rotatable bonds is 7. The van der Waals surface area contributed by atoms with Crippen molar-refractivity contribution in [1.29, 1.82) is 0 Å². The molecule has 2 heterocycles. The van der Waals surface area contributed by atoms with E-state index in [4.69, 9.17) is 16.3 Å². The van der Waals surface area contributed by atoms with Crippen LogP contribution in [0.15, 0.2) is 91.0 Å². The Morgan fingerprint density at radius 3 is 2.14 bits per heavy atom. The van der Waals surface area contributed by atoms with Gasteiger partial charge in [0.2, 0.25) is 0 Å². The number of hydrogen-bond donors (Lipinski definition) is 2. The normalized spacial score (nSPS) is 15.0. The number of hydrogen-bond acceptors (Lipinski definition) is 6. The summed E-state index contributed by atoms with van der Waals surface area (Å²) in [4.78, 5) is 13.3. The third-order valence-corrected chi connectivity index (χ3v) is 6.63. The lowest BCUT2D eigenvalue weighted by Crippen LogP contribution is -2.40. The minimum absolute atomic E-state index is 0.0181. The highest BCUT2D eigenvalue weighted by Gasteiger charge is 2.43. The Hall–Kier alpha value is -5.10. The van der Waals surface area contributed by atoms with Crippen LogP contribution in [0.1, 0.15) is 11.1 Å². The number of carbonyl (C=O) groups excluding carboxylic acids is 1. The molecule has 0 fully saturated rings. The summed E-state index contributed by atoms with van der Waals surface area (Å²) in [6.07, 6.45) is -3.80. The van der Waals surface area contributed by atoms with E-state index in [0.29, 0.717) is 44.6 Å². The van der Waals surface area contributed by atoms with Gasteiger partial charge in [-0.2, -0.15) is 8.78 Å². The molecule has 0 radical (unpaired) electrons. The van der Waals surface area contributed by atoms with Crippen molar-refractivity contribution in [3.63, 3.8) is 0 Å². The van der Waals surface area contributed by atoms with Gasteiger partial charge < -0.3 is 24.3 Å². The van der Waals surface area contributed by atoms with Gasteiger partial charge in [0.25, 0.3) is 0 Å². The lowest BCUT2D eigenvalue weighted by Gasteiger charge is -2.19. The van der Waals surface area contributed by atoms with E-state index in [1.807, 2.05) is 0 Å². The first-order chi connectivity index (χ1) is 20.6. The predicted molar refractivity (Wildman–Crippen MR) is 149 cm³/mol. The number of hydrazine groups is 1. The standard InChI is InChI=1S/C30H20ClF4N3O5/c31-19-4-10-21(11-5-19)40-22-12-6-20(7-13-22)36-29(39)38-16-24(18-3-14-25-26(15-18)43-30(34,35)42-25)27(37-38)17-1-8-23(9-2-17)41-28(32)33/h1-15,28,37H,16H2,(H,36,39). The van der Waals surface area contributed by atoms with Crippen LogP contribution in [0, 0.1) is 0 Å². The fourth-order valence-electron chi connectivity index (χ4n) is 4.45. The van der Waals surface area contributed by atoms with E-state index in [0.717, 1.165) is 0 Å². The molecule has 2 N–H and O–H groups in total. The van der Waals surface area contributed by atoms with Crippen molar-refractivity contribution in [2.24, 2.45) is 0 Å². The van der Waals surface area contributed by atoms with Gasteiger partial charge in [0, 0.05) is 21.8 Å². The zero-order valence-electron chi connectivity index (χ0n) is 21.8. The smallest absolute Gasteiger partial charge is 0.457 e. The molecule has 0 saturated heterocycles. The summed E-state index contributed by atoms with van der Waals surface area (Å²) in [5.41, 5.74) is 5.48. The van der Waals surface area contributed by atoms with Crippen molar-refractivity contribution in [2.75, 3.05) is 11.9 Å². The lowest BCUT2D eigenvalue weighted by atomic mass is 10.00. The first-order valence-electron chi connectivity index (χ1n) is 12.7. The Morgan fingerprint density at radius 2 is 1.47 bits per heavy atom. The highest BCUT2D eigenvalue weighted by atomic mass is 35.5. The van der Waals surface area contributed by atoms with Gasteiger partial charge in [-0.05, 0) is 90.5 Å². The molecule has 2 aliphatic heterocycles. The summed E-state index contributed by atoms with van der Waals surface area (Å²) in [6.45, 7) is -2.97. The molecule has 6 rings (SSSR count). The van der Waals surface area contributed by atoms with Crippen LogP contribution in [0.5, 0.6) is 28.7 Å². The molecule has 220 valence electrons. The quantitative estimate of drug-likeness (QED) is 0.206. The Bertz CT molecular complexity index is 1680. The molecule has 0 atom stereocenters. The van der Waals surface area contributed by atoms with E-state index in [-0.39, 0.29) is 23.8 Å². The fraction of sp³-hybridized carbons (Fsp3) is 0.100. The summed E-state index contributed by atoms with van der Waals surface area (Å²) < 4.78 is 71.8. The molecule has 4 aromatic carbocycles. The Labute approximate surface area is 247 Å². The molecule has 43 heavy (non-hydrogen) atoms. The van der Waals surface area contributed by atoms with Crippen LogP contribution in [-0.4, -0.2) is 30.5 Å². The van der Waals surface area contributed by atoms with Crippen molar-refractivity contribution in [3.8, 4) is 28.7 Å². The van der Waals surface area contributed by atoms with Gasteiger partial charge >= 0.3 is 18.9 Å². The van der Waals surface area contributed by atoms with Gasteiger partial charge in [0.15, 0.2) is 11.5 Å². The first-order valence-corrected chi connectivity index (χ1v) is 13.1. The molecule has 0 unspecified atom stereocenters. The predicted octanol–water partition coefficient (Wildman–Crippen LogP) is 7.98. The number of benzene rings is 4. The van der Waals surface area contributed by atoms with Crippen LogP contribution >= 0.6 is 11.6 Å². The van der Waals surface area contributed by atoms with Crippen LogP contribution in [-0.2, 0) is 0 Å². The Morgan fingerprint density at radius 1 is 0.860 bits per heavy atom. The van der Waals surface area contributed by atoms with E-state index in [1.165, 1.54) is 41.4 Å². The lowest BCUT2D eigenvalue weighted by molar-refractivity contribution is -0.286. The summed E-state index contributed by atoms with van der Waals surface area (Å²) in [6, 6.07) is 23.1. The third-order valence-electron chi connectivity index (χ3n) is 6.38. The Balaban J connectivity index is 1.21. The number of amides is 2. The van der Waals surface area contributed by atoms with Crippen LogP contribution in [0.3, 0.4) is 0 Å². The average molecular weight is 614 g/mol. The van der Waals surface area contributed by atoms with Gasteiger partial charge in [-0.3, -0.25) is 5.43 Å². The molecular formula is C30H20ClF4N3O5. The monoisotopic (exact) mass is 613 g/mol. The van der Waals surface area contributed by atoms with E-state index in [1.54, 1.807) is 54.6 Å². The summed E-state index contributed by atoms with van der Waals surface area (Å²) in [5.74, 6) is 0.780. The SMILES string of the molecule is O=C(Nc1ccc(Oc2ccc(Cl)cc2)cc1)N1CC(c2ccc3c(c2)OC(F)(F)O3)=C(c2ccc(OC(F)F)cc2)N1. The molecule has 8 nitrogen and oxygen atoms in total. The zero-order valence-corrected chi connectivity index (χ0v) is 22.6. The second-order valence-electron chi connectivity index (χ2n) is 9.29.